The lowest BCUT2D eigenvalue weighted by Gasteiger charge is -2.40. The molecule has 2 heterocycles. The topological polar surface area (TPSA) is 12.5 Å². The van der Waals surface area contributed by atoms with Gasteiger partial charge < -0.3 is 0 Å². The summed E-state index contributed by atoms with van der Waals surface area (Å²) in [6.07, 6.45) is 2.87. The van der Waals surface area contributed by atoms with E-state index in [0.29, 0.717) is 6.10 Å². The van der Waals surface area contributed by atoms with Crippen LogP contribution in [0.5, 0.6) is 0 Å². The SMILES string of the molecule is CC1(C)CC2CC(C)(C)N1O2. The molecule has 0 aliphatic carbocycles. The molecular formula is C9H17NO. The van der Waals surface area contributed by atoms with Crippen molar-refractivity contribution in [3.63, 3.8) is 0 Å². The Hall–Kier alpha value is -0.0800. The highest BCUT2D eigenvalue weighted by Crippen LogP contribution is 2.47. The summed E-state index contributed by atoms with van der Waals surface area (Å²) >= 11 is 0. The maximum atomic E-state index is 5.74. The number of piperidine rings is 1. The fraction of sp³-hybridized carbons (Fsp3) is 1.00. The number of nitrogens with zero attached hydrogens (tertiary/aromatic N) is 1. The minimum absolute atomic E-state index is 0.256. The second-order valence-corrected chi connectivity index (χ2v) is 5.05. The molecule has 2 heteroatoms. The van der Waals surface area contributed by atoms with E-state index >= 15 is 0 Å². The molecular weight excluding hydrogens is 138 g/mol. The van der Waals surface area contributed by atoms with E-state index in [-0.39, 0.29) is 11.1 Å². The Morgan fingerprint density at radius 3 is 1.73 bits per heavy atom. The van der Waals surface area contributed by atoms with Crippen LogP contribution in [0.25, 0.3) is 0 Å². The molecule has 64 valence electrons. The van der Waals surface area contributed by atoms with E-state index in [1.54, 1.807) is 0 Å². The van der Waals surface area contributed by atoms with Gasteiger partial charge in [0, 0.05) is 11.1 Å². The number of rotatable bonds is 0. The van der Waals surface area contributed by atoms with Gasteiger partial charge >= 0.3 is 0 Å². The van der Waals surface area contributed by atoms with Crippen LogP contribution in [0.15, 0.2) is 0 Å². The third-order valence-electron chi connectivity index (χ3n) is 2.81. The molecule has 0 N–H and O–H groups in total. The Labute approximate surface area is 68.5 Å². The van der Waals surface area contributed by atoms with Crippen LogP contribution in [0.4, 0.5) is 0 Å². The second kappa shape index (κ2) is 1.80. The quantitative estimate of drug-likeness (QED) is 0.530. The first-order valence-corrected chi connectivity index (χ1v) is 4.39. The summed E-state index contributed by atoms with van der Waals surface area (Å²) in [5.74, 6) is 0. The molecule has 0 amide bonds. The van der Waals surface area contributed by atoms with Crippen molar-refractivity contribution in [2.75, 3.05) is 0 Å². The highest BCUT2D eigenvalue weighted by atomic mass is 16.7. The molecule has 0 aromatic rings. The van der Waals surface area contributed by atoms with Crippen LogP contribution in [0.3, 0.4) is 0 Å². The molecule has 2 bridgehead atoms. The second-order valence-electron chi connectivity index (χ2n) is 5.05. The predicted octanol–water partition coefficient (Wildman–Crippen LogP) is 1.95. The average molecular weight is 155 g/mol. The van der Waals surface area contributed by atoms with Crippen molar-refractivity contribution in [3.8, 4) is 0 Å². The highest BCUT2D eigenvalue weighted by Gasteiger charge is 2.54. The van der Waals surface area contributed by atoms with E-state index in [1.807, 2.05) is 0 Å². The van der Waals surface area contributed by atoms with Crippen LogP contribution in [0, 0.1) is 0 Å². The van der Waals surface area contributed by atoms with Gasteiger partial charge in [-0.15, -0.1) is 0 Å². The summed E-state index contributed by atoms with van der Waals surface area (Å²) < 4.78 is 0. The summed E-state index contributed by atoms with van der Waals surface area (Å²) in [6, 6.07) is 0. The molecule has 2 nitrogen and oxygen atoms in total. The zero-order valence-corrected chi connectivity index (χ0v) is 7.85. The number of hydrogen-bond donors (Lipinski definition) is 0. The fourth-order valence-electron chi connectivity index (χ4n) is 2.68. The summed E-state index contributed by atoms with van der Waals surface area (Å²) in [5.41, 5.74) is 0.513. The summed E-state index contributed by atoms with van der Waals surface area (Å²) in [5, 5.41) is 2.19. The van der Waals surface area contributed by atoms with Gasteiger partial charge in [0.25, 0.3) is 0 Å². The van der Waals surface area contributed by atoms with Crippen molar-refractivity contribution < 1.29 is 4.84 Å². The maximum absolute atomic E-state index is 5.74. The first-order valence-electron chi connectivity index (χ1n) is 4.39. The monoisotopic (exact) mass is 155 g/mol. The molecule has 2 aliphatic rings. The molecule has 2 fully saturated rings. The Bertz CT molecular complexity index is 168. The van der Waals surface area contributed by atoms with Gasteiger partial charge in [-0.25, -0.2) is 0 Å². The largest absolute Gasteiger partial charge is 0.295 e. The maximum Gasteiger partial charge on any atom is 0.0830 e. The van der Waals surface area contributed by atoms with E-state index in [9.17, 15) is 0 Å². The Morgan fingerprint density at radius 1 is 1.09 bits per heavy atom. The smallest absolute Gasteiger partial charge is 0.0830 e. The van der Waals surface area contributed by atoms with Crippen LogP contribution in [-0.4, -0.2) is 22.2 Å². The van der Waals surface area contributed by atoms with E-state index in [1.165, 1.54) is 12.8 Å². The predicted molar refractivity (Wildman–Crippen MR) is 44.1 cm³/mol. The third kappa shape index (κ3) is 0.926. The summed E-state index contributed by atoms with van der Waals surface area (Å²) in [4.78, 5) is 5.74. The number of fused-ring (bicyclic) bond motifs is 2. The van der Waals surface area contributed by atoms with E-state index < -0.39 is 0 Å². The molecule has 0 aromatic carbocycles. The molecule has 0 aromatic heterocycles. The van der Waals surface area contributed by atoms with Crippen LogP contribution in [0.1, 0.15) is 40.5 Å². The molecule has 0 unspecified atom stereocenters. The molecule has 11 heavy (non-hydrogen) atoms. The molecule has 2 rings (SSSR count). The lowest BCUT2D eigenvalue weighted by atomic mass is 9.83. The van der Waals surface area contributed by atoms with Gasteiger partial charge in [-0.05, 0) is 40.5 Å². The third-order valence-corrected chi connectivity index (χ3v) is 2.81. The van der Waals surface area contributed by atoms with Crippen molar-refractivity contribution in [2.24, 2.45) is 0 Å². The highest BCUT2D eigenvalue weighted by molar-refractivity contribution is 5.01. The number of hydroxylamine groups is 2. The zero-order chi connectivity index (χ0) is 8.28. The van der Waals surface area contributed by atoms with Crippen molar-refractivity contribution in [3.05, 3.63) is 0 Å². The zero-order valence-electron chi connectivity index (χ0n) is 7.85. The number of hydrogen-bond acceptors (Lipinski definition) is 2. The van der Waals surface area contributed by atoms with E-state index in [0.717, 1.165) is 0 Å². The van der Waals surface area contributed by atoms with Gasteiger partial charge in [0.15, 0.2) is 0 Å². The molecule has 2 saturated heterocycles. The molecule has 0 radical (unpaired) electrons. The van der Waals surface area contributed by atoms with Crippen molar-refractivity contribution in [1.29, 1.82) is 0 Å². The summed E-state index contributed by atoms with van der Waals surface area (Å²) in [7, 11) is 0. The minimum Gasteiger partial charge on any atom is -0.295 e. The van der Waals surface area contributed by atoms with Crippen LogP contribution in [-0.2, 0) is 4.84 Å². The average Bonchev–Trinajstić information content (AvgIpc) is 2.14. The van der Waals surface area contributed by atoms with Gasteiger partial charge in [0.2, 0.25) is 0 Å². The van der Waals surface area contributed by atoms with Crippen LogP contribution >= 0.6 is 0 Å². The minimum atomic E-state index is 0.256. The lowest BCUT2D eigenvalue weighted by Crippen LogP contribution is -2.50. The Balaban J connectivity index is 2.28. The van der Waals surface area contributed by atoms with E-state index in [2.05, 4.69) is 32.8 Å². The van der Waals surface area contributed by atoms with Gasteiger partial charge in [-0.1, -0.05) is 0 Å². The molecule has 2 aliphatic heterocycles. The van der Waals surface area contributed by atoms with Gasteiger partial charge in [0.1, 0.15) is 0 Å². The van der Waals surface area contributed by atoms with Gasteiger partial charge in [0.05, 0.1) is 6.10 Å². The standard InChI is InChI=1S/C9H17NO/c1-8(2)5-7-6-9(3,4)10(8)11-7/h7H,5-6H2,1-4H3. The lowest BCUT2D eigenvalue weighted by molar-refractivity contribution is -0.180. The van der Waals surface area contributed by atoms with Crippen molar-refractivity contribution in [1.82, 2.24) is 5.06 Å². The molecule has 0 atom stereocenters. The van der Waals surface area contributed by atoms with Crippen molar-refractivity contribution >= 4 is 0 Å². The van der Waals surface area contributed by atoms with Gasteiger partial charge in [-0.3, -0.25) is 4.84 Å². The van der Waals surface area contributed by atoms with Gasteiger partial charge in [-0.2, -0.15) is 5.06 Å². The Kier molecular flexibility index (Phi) is 1.24. The fourth-order valence-corrected chi connectivity index (χ4v) is 2.68. The first kappa shape index (κ1) is 7.56. The van der Waals surface area contributed by atoms with Crippen LogP contribution < -0.4 is 0 Å². The van der Waals surface area contributed by atoms with Crippen molar-refractivity contribution in [2.45, 2.75) is 57.7 Å². The first-order chi connectivity index (χ1) is 4.92. The van der Waals surface area contributed by atoms with E-state index in [4.69, 9.17) is 4.84 Å². The molecule has 0 saturated carbocycles. The Morgan fingerprint density at radius 2 is 1.55 bits per heavy atom. The summed E-state index contributed by atoms with van der Waals surface area (Å²) in [6.45, 7) is 9.03. The van der Waals surface area contributed by atoms with Crippen LogP contribution in [0.2, 0.25) is 0 Å². The normalized spacial score (nSPS) is 44.7. The molecule has 0 spiro atoms.